The third-order valence-corrected chi connectivity index (χ3v) is 4.80. The van der Waals surface area contributed by atoms with Crippen LogP contribution in [0, 0.1) is 6.92 Å². The van der Waals surface area contributed by atoms with Crippen molar-refractivity contribution in [3.63, 3.8) is 0 Å². The fourth-order valence-corrected chi connectivity index (χ4v) is 3.33. The number of Topliss-reactive ketones (excluding diaryl/α,β-unsaturated/α-hetero) is 1. The van der Waals surface area contributed by atoms with E-state index in [-0.39, 0.29) is 24.1 Å². The highest BCUT2D eigenvalue weighted by Gasteiger charge is 2.28. The Hall–Kier alpha value is -4.06. The molecule has 2 aliphatic rings. The van der Waals surface area contributed by atoms with E-state index in [4.69, 9.17) is 18.9 Å². The third kappa shape index (κ3) is 3.28. The highest BCUT2D eigenvalue weighted by molar-refractivity contribution is 6.14. The van der Waals surface area contributed by atoms with Gasteiger partial charge in [0.1, 0.15) is 11.5 Å². The lowest BCUT2D eigenvalue weighted by atomic mass is 10.1. The zero-order valence-electron chi connectivity index (χ0n) is 16.0. The molecule has 0 saturated carbocycles. The van der Waals surface area contributed by atoms with Gasteiger partial charge in [0.05, 0.1) is 11.1 Å². The summed E-state index contributed by atoms with van der Waals surface area (Å²) in [5.41, 5.74) is 2.72. The number of carbonyl (C=O) groups is 2. The predicted octanol–water partition coefficient (Wildman–Crippen LogP) is 4.56. The van der Waals surface area contributed by atoms with E-state index >= 15 is 0 Å². The molecule has 6 heteroatoms. The molecule has 0 spiro atoms. The quantitative estimate of drug-likeness (QED) is 0.365. The van der Waals surface area contributed by atoms with Crippen molar-refractivity contribution in [1.29, 1.82) is 0 Å². The van der Waals surface area contributed by atoms with Crippen LogP contribution in [-0.4, -0.2) is 18.5 Å². The monoisotopic (exact) mass is 400 g/mol. The minimum Gasteiger partial charge on any atom is -0.454 e. The van der Waals surface area contributed by atoms with Gasteiger partial charge in [-0.15, -0.1) is 0 Å². The van der Waals surface area contributed by atoms with E-state index in [2.05, 4.69) is 0 Å². The van der Waals surface area contributed by atoms with Crippen LogP contribution in [0.3, 0.4) is 0 Å². The number of fused-ring (bicyclic) bond motifs is 2. The first kappa shape index (κ1) is 18.0. The highest BCUT2D eigenvalue weighted by atomic mass is 16.7. The van der Waals surface area contributed by atoms with Crippen molar-refractivity contribution in [2.45, 2.75) is 6.92 Å². The summed E-state index contributed by atoms with van der Waals surface area (Å²) in [4.78, 5) is 25.1. The van der Waals surface area contributed by atoms with Crippen LogP contribution in [0.25, 0.3) is 6.08 Å². The first-order valence-electron chi connectivity index (χ1n) is 9.34. The molecule has 6 nitrogen and oxygen atoms in total. The molecule has 0 bridgehead atoms. The van der Waals surface area contributed by atoms with Gasteiger partial charge >= 0.3 is 5.97 Å². The van der Waals surface area contributed by atoms with Gasteiger partial charge in [0.2, 0.25) is 12.6 Å². The van der Waals surface area contributed by atoms with Crippen LogP contribution >= 0.6 is 0 Å². The molecular formula is C24H16O6. The number of ketones is 1. The number of aryl methyl sites for hydroxylation is 1. The number of esters is 1. The minimum absolute atomic E-state index is 0.127. The van der Waals surface area contributed by atoms with Gasteiger partial charge in [0, 0.05) is 6.07 Å². The number of rotatable bonds is 3. The lowest BCUT2D eigenvalue weighted by Gasteiger charge is -2.06. The molecule has 0 aliphatic carbocycles. The van der Waals surface area contributed by atoms with Crippen LogP contribution in [0.1, 0.15) is 31.8 Å². The van der Waals surface area contributed by atoms with Crippen molar-refractivity contribution >= 4 is 17.8 Å². The number of hydrogen-bond donors (Lipinski definition) is 0. The number of hydrogen-bond acceptors (Lipinski definition) is 6. The Labute approximate surface area is 172 Å². The second-order valence-corrected chi connectivity index (χ2v) is 6.97. The van der Waals surface area contributed by atoms with Gasteiger partial charge in [-0.25, -0.2) is 4.79 Å². The van der Waals surface area contributed by atoms with Gasteiger partial charge in [-0.1, -0.05) is 29.8 Å². The van der Waals surface area contributed by atoms with Crippen LogP contribution in [-0.2, 0) is 0 Å². The smallest absolute Gasteiger partial charge is 0.343 e. The summed E-state index contributed by atoms with van der Waals surface area (Å²) in [6.07, 6.45) is 1.70. The summed E-state index contributed by atoms with van der Waals surface area (Å²) >= 11 is 0. The number of carbonyl (C=O) groups excluding carboxylic acids is 2. The van der Waals surface area contributed by atoms with Crippen LogP contribution in [0.2, 0.25) is 0 Å². The Morgan fingerprint density at radius 3 is 2.70 bits per heavy atom. The molecule has 5 rings (SSSR count). The van der Waals surface area contributed by atoms with Crippen molar-refractivity contribution in [3.8, 4) is 23.0 Å². The number of allylic oxidation sites excluding steroid dienone is 1. The maximum Gasteiger partial charge on any atom is 0.343 e. The van der Waals surface area contributed by atoms with Crippen molar-refractivity contribution < 1.29 is 28.5 Å². The topological polar surface area (TPSA) is 71.1 Å². The van der Waals surface area contributed by atoms with Crippen molar-refractivity contribution in [1.82, 2.24) is 0 Å². The van der Waals surface area contributed by atoms with Crippen molar-refractivity contribution in [2.75, 3.05) is 6.79 Å². The molecule has 0 fully saturated rings. The van der Waals surface area contributed by atoms with Crippen molar-refractivity contribution in [3.05, 3.63) is 88.7 Å². The fourth-order valence-electron chi connectivity index (χ4n) is 3.33. The Kier molecular flexibility index (Phi) is 4.25. The Bertz CT molecular complexity index is 1220. The van der Waals surface area contributed by atoms with Gasteiger partial charge in [-0.3, -0.25) is 4.79 Å². The fraction of sp³-hybridized carbons (Fsp3) is 0.0833. The first-order valence-corrected chi connectivity index (χ1v) is 9.34. The summed E-state index contributed by atoms with van der Waals surface area (Å²) in [6.45, 7) is 2.11. The average molecular weight is 400 g/mol. The van der Waals surface area contributed by atoms with E-state index in [0.29, 0.717) is 28.4 Å². The molecule has 0 N–H and O–H groups in total. The number of benzene rings is 3. The van der Waals surface area contributed by atoms with Gasteiger partial charge < -0.3 is 18.9 Å². The van der Waals surface area contributed by atoms with E-state index in [1.54, 1.807) is 36.4 Å². The maximum absolute atomic E-state index is 12.6. The molecule has 0 saturated heterocycles. The third-order valence-electron chi connectivity index (χ3n) is 4.80. The van der Waals surface area contributed by atoms with Crippen LogP contribution in [0.15, 0.2) is 66.4 Å². The maximum atomic E-state index is 12.6. The number of ether oxygens (including phenoxy) is 4. The van der Waals surface area contributed by atoms with Gasteiger partial charge in [0.15, 0.2) is 17.3 Å². The molecule has 30 heavy (non-hydrogen) atoms. The highest BCUT2D eigenvalue weighted by Crippen LogP contribution is 2.36. The normalized spacial score (nSPS) is 15.1. The van der Waals surface area contributed by atoms with E-state index in [1.807, 2.05) is 31.2 Å². The molecule has 3 aromatic carbocycles. The zero-order chi connectivity index (χ0) is 20.7. The van der Waals surface area contributed by atoms with Crippen LogP contribution < -0.4 is 18.9 Å². The standard InChI is InChI=1S/C24H16O6/c1-14-3-2-4-15(9-14)10-22-23(25)18-7-6-17(12-20(18)30-22)29-24(26)16-5-8-19-21(11-16)28-13-27-19/h2-12H,13H2,1H3/b22-10-. The molecular weight excluding hydrogens is 384 g/mol. The molecule has 2 heterocycles. The largest absolute Gasteiger partial charge is 0.454 e. The lowest BCUT2D eigenvalue weighted by molar-refractivity contribution is 0.0734. The Morgan fingerprint density at radius 1 is 0.967 bits per heavy atom. The van der Waals surface area contributed by atoms with Crippen LogP contribution in [0.4, 0.5) is 0 Å². The van der Waals surface area contributed by atoms with Gasteiger partial charge in [0.25, 0.3) is 0 Å². The molecule has 148 valence electrons. The summed E-state index contributed by atoms with van der Waals surface area (Å²) < 4.78 is 21.7. The van der Waals surface area contributed by atoms with Gasteiger partial charge in [-0.05, 0) is 48.9 Å². The van der Waals surface area contributed by atoms with E-state index in [0.717, 1.165) is 11.1 Å². The summed E-state index contributed by atoms with van der Waals surface area (Å²) in [7, 11) is 0. The van der Waals surface area contributed by atoms with Crippen LogP contribution in [0.5, 0.6) is 23.0 Å². The minimum atomic E-state index is -0.548. The van der Waals surface area contributed by atoms with Crippen molar-refractivity contribution in [2.24, 2.45) is 0 Å². The predicted molar refractivity (Wildman–Crippen MR) is 108 cm³/mol. The molecule has 0 atom stereocenters. The molecule has 3 aromatic rings. The molecule has 0 aromatic heterocycles. The molecule has 2 aliphatic heterocycles. The summed E-state index contributed by atoms with van der Waals surface area (Å²) in [5, 5.41) is 0. The molecule has 0 radical (unpaired) electrons. The SMILES string of the molecule is Cc1cccc(/C=C2\Oc3cc(OC(=O)c4ccc5c(c4)OCO5)ccc3C2=O)c1. The first-order chi connectivity index (χ1) is 14.6. The molecule has 0 amide bonds. The Balaban J connectivity index is 1.36. The second-order valence-electron chi connectivity index (χ2n) is 6.97. The van der Waals surface area contributed by atoms with Gasteiger partial charge in [-0.2, -0.15) is 0 Å². The van der Waals surface area contributed by atoms with E-state index in [1.165, 1.54) is 6.07 Å². The van der Waals surface area contributed by atoms with E-state index in [9.17, 15) is 9.59 Å². The van der Waals surface area contributed by atoms with E-state index < -0.39 is 5.97 Å². The second kappa shape index (κ2) is 7.08. The summed E-state index contributed by atoms with van der Waals surface area (Å²) in [5.74, 6) is 1.20. The zero-order valence-corrected chi connectivity index (χ0v) is 16.0. The lowest BCUT2D eigenvalue weighted by Crippen LogP contribution is -2.08. The molecule has 0 unspecified atom stereocenters. The Morgan fingerprint density at radius 2 is 1.83 bits per heavy atom. The average Bonchev–Trinajstić information content (AvgIpc) is 3.32. The summed E-state index contributed by atoms with van der Waals surface area (Å²) in [6, 6.07) is 17.3.